The van der Waals surface area contributed by atoms with Crippen molar-refractivity contribution in [3.63, 3.8) is 0 Å². The summed E-state index contributed by atoms with van der Waals surface area (Å²) in [6.07, 6.45) is 15.4. The topological polar surface area (TPSA) is 190 Å². The minimum absolute atomic E-state index is 0.0483. The molecule has 4 aliphatic rings. The smallest absolute Gasteiger partial charge is 0.291 e. The average molecular weight is 979 g/mol. The van der Waals surface area contributed by atoms with Gasteiger partial charge in [0.15, 0.2) is 11.6 Å². The lowest BCUT2D eigenvalue weighted by Crippen LogP contribution is -2.45. The van der Waals surface area contributed by atoms with E-state index in [4.69, 9.17) is 9.97 Å². The number of nitrogens with zero attached hydrogens (tertiary/aromatic N) is 8. The number of aromatic nitrogens is 8. The number of aryl methyl sites for hydroxylation is 1. The molecule has 3 atom stereocenters. The Hall–Kier alpha value is -8.18. The third-order valence-electron chi connectivity index (χ3n) is 14.7. The van der Waals surface area contributed by atoms with Crippen LogP contribution in [0.4, 0.5) is 31.8 Å². The first-order chi connectivity index (χ1) is 35.0. The number of imidazole rings is 2. The molecule has 73 heavy (non-hydrogen) atoms. The monoisotopic (exact) mass is 978 g/mol. The van der Waals surface area contributed by atoms with Crippen LogP contribution in [-0.2, 0) is 16.9 Å². The third kappa shape index (κ3) is 8.87. The van der Waals surface area contributed by atoms with E-state index < -0.39 is 24.0 Å². The molecule has 4 aromatic carbocycles. The second kappa shape index (κ2) is 17.3. The Labute approximate surface area is 419 Å². The first-order valence-electron chi connectivity index (χ1n) is 24.6. The van der Waals surface area contributed by atoms with Crippen LogP contribution in [0.15, 0.2) is 122 Å². The quantitative estimate of drug-likeness (QED) is 0.0740. The molecule has 2 saturated carbocycles. The summed E-state index contributed by atoms with van der Waals surface area (Å²) >= 11 is 0. The van der Waals surface area contributed by atoms with E-state index in [1.165, 1.54) is 25.0 Å². The van der Waals surface area contributed by atoms with E-state index in [1.807, 2.05) is 83.3 Å². The van der Waals surface area contributed by atoms with Crippen molar-refractivity contribution in [3.8, 4) is 34.2 Å². The van der Waals surface area contributed by atoms with Crippen molar-refractivity contribution >= 4 is 34.8 Å². The summed E-state index contributed by atoms with van der Waals surface area (Å²) in [5, 5.41) is 23.2. The van der Waals surface area contributed by atoms with Gasteiger partial charge >= 0.3 is 0 Å². The molecule has 0 bridgehead atoms. The highest BCUT2D eigenvalue weighted by Gasteiger charge is 2.47. The summed E-state index contributed by atoms with van der Waals surface area (Å²) in [4.78, 5) is 53.8. The van der Waals surface area contributed by atoms with Gasteiger partial charge in [-0.05, 0) is 148 Å². The first-order valence-corrected chi connectivity index (χ1v) is 24.6. The number of carbonyl (C=O) groups excluding carboxylic acids is 2. The van der Waals surface area contributed by atoms with Gasteiger partial charge in [-0.15, -0.1) is 0 Å². The summed E-state index contributed by atoms with van der Waals surface area (Å²) in [5.74, 6) is -0.784. The van der Waals surface area contributed by atoms with E-state index in [1.54, 1.807) is 38.4 Å². The molecule has 6 heterocycles. The first kappa shape index (κ1) is 45.9. The van der Waals surface area contributed by atoms with Crippen LogP contribution in [0.2, 0.25) is 0 Å². The number of carbonyl (C=O) groups is 2. The molecule has 12 rings (SSSR count). The second-order valence-corrected chi connectivity index (χ2v) is 20.7. The largest absolute Gasteiger partial charge is 0.386 e. The molecule has 2 amide bonds. The van der Waals surface area contributed by atoms with Crippen LogP contribution in [0.1, 0.15) is 113 Å². The molecule has 0 saturated heterocycles. The molecule has 2 aliphatic carbocycles. The normalized spacial score (nSPS) is 19.9. The zero-order valence-corrected chi connectivity index (χ0v) is 40.6. The molecule has 0 spiro atoms. The van der Waals surface area contributed by atoms with Gasteiger partial charge in [0.2, 0.25) is 0 Å². The Kier molecular flexibility index (Phi) is 10.9. The van der Waals surface area contributed by atoms with E-state index in [-0.39, 0.29) is 28.4 Å². The van der Waals surface area contributed by atoms with Gasteiger partial charge in [-0.25, -0.2) is 29.9 Å². The number of aliphatic hydroxyl groups is 1. The number of halogens is 2. The van der Waals surface area contributed by atoms with Gasteiger partial charge in [0, 0.05) is 105 Å². The highest BCUT2D eigenvalue weighted by molar-refractivity contribution is 5.98. The molecule has 0 radical (unpaired) electrons. The van der Waals surface area contributed by atoms with Crippen molar-refractivity contribution in [3.05, 3.63) is 167 Å². The maximum absolute atomic E-state index is 14.7. The predicted molar refractivity (Wildman–Crippen MR) is 272 cm³/mol. The molecule has 5 N–H and O–H groups in total. The average Bonchev–Trinajstić information content (AvgIpc) is 4.26. The molecule has 4 aromatic heterocycles. The molecule has 15 nitrogen and oxygen atoms in total. The van der Waals surface area contributed by atoms with Crippen LogP contribution < -0.4 is 21.3 Å². The van der Waals surface area contributed by atoms with Crippen molar-refractivity contribution < 1.29 is 23.5 Å². The predicted octanol–water partition coefficient (Wildman–Crippen LogP) is 9.90. The van der Waals surface area contributed by atoms with Crippen LogP contribution in [0, 0.1) is 12.8 Å². The summed E-state index contributed by atoms with van der Waals surface area (Å²) in [5.41, 5.74) is 7.95. The van der Waals surface area contributed by atoms with E-state index in [9.17, 15) is 23.5 Å². The number of amides is 2. The van der Waals surface area contributed by atoms with Gasteiger partial charge in [-0.2, -0.15) is 8.78 Å². The van der Waals surface area contributed by atoms with Crippen molar-refractivity contribution in [2.24, 2.45) is 5.92 Å². The Morgan fingerprint density at radius 3 is 2.18 bits per heavy atom. The van der Waals surface area contributed by atoms with Gasteiger partial charge in [0.05, 0.1) is 36.2 Å². The van der Waals surface area contributed by atoms with Crippen LogP contribution in [0.25, 0.3) is 34.2 Å². The number of nitrogens with one attached hydrogen (secondary N) is 4. The van der Waals surface area contributed by atoms with Crippen LogP contribution >= 0.6 is 0 Å². The minimum atomic E-state index is -3.19. The fourth-order valence-corrected chi connectivity index (χ4v) is 10.4. The number of hydrogen-bond donors (Lipinski definition) is 5. The molecule has 368 valence electrons. The van der Waals surface area contributed by atoms with Crippen LogP contribution in [0.5, 0.6) is 0 Å². The number of fused-ring (bicyclic) bond motifs is 2. The van der Waals surface area contributed by atoms with Gasteiger partial charge in [0.1, 0.15) is 11.6 Å². The van der Waals surface area contributed by atoms with Crippen LogP contribution in [0.3, 0.4) is 0 Å². The standard InChI is InChI=1S/C56H52F2N12O3/c1-31-19-34(50-59-18-17-48(67-50)65-36-10-15-40-43(22-36)56(57,58)28-62-53(40)72)9-16-47(31)70-26-46(64-30-70)41-20-35(41)23-55(4)27-61-52(71)39-14-11-37(21-42(39)55)66-51-44(54(2,3)73)24-60-49(68-51)33-7-12-38(13-8-33)69-25-45(63-29-69)32-5-6-32/h7-19,21-22,24-26,29-30,32,35,41,73H,5-6,20,23,27-28H2,1-4H3,(H,61,71)(H,62,72)(H,59,65,67)(H,60,66,68). The lowest BCUT2D eigenvalue weighted by molar-refractivity contribution is -0.00832. The molecule has 3 unspecified atom stereocenters. The zero-order chi connectivity index (χ0) is 50.4. The highest BCUT2D eigenvalue weighted by Crippen LogP contribution is 2.54. The molecular formula is C56H52F2N12O3. The van der Waals surface area contributed by atoms with Crippen molar-refractivity contribution in [1.29, 1.82) is 0 Å². The minimum Gasteiger partial charge on any atom is -0.386 e. The van der Waals surface area contributed by atoms with Crippen molar-refractivity contribution in [2.45, 2.75) is 82.2 Å². The Morgan fingerprint density at radius 2 is 1.42 bits per heavy atom. The highest BCUT2D eigenvalue weighted by atomic mass is 19.3. The van der Waals surface area contributed by atoms with Crippen LogP contribution in [-0.4, -0.2) is 69.0 Å². The Balaban J connectivity index is 0.734. The molecular weight excluding hydrogens is 927 g/mol. The summed E-state index contributed by atoms with van der Waals surface area (Å²) in [6, 6.07) is 25.7. The van der Waals surface area contributed by atoms with E-state index in [0.717, 1.165) is 63.5 Å². The second-order valence-electron chi connectivity index (χ2n) is 20.7. The maximum Gasteiger partial charge on any atom is 0.291 e. The number of hydrogen-bond acceptors (Lipinski definition) is 11. The molecule has 2 fully saturated rings. The van der Waals surface area contributed by atoms with Gasteiger partial charge < -0.3 is 35.5 Å². The van der Waals surface area contributed by atoms with Crippen molar-refractivity contribution in [1.82, 2.24) is 49.7 Å². The Bertz CT molecular complexity index is 3510. The number of anilines is 4. The number of benzene rings is 4. The number of rotatable bonds is 13. The summed E-state index contributed by atoms with van der Waals surface area (Å²) in [7, 11) is 0. The lowest BCUT2D eigenvalue weighted by Gasteiger charge is -2.36. The molecule has 8 aromatic rings. The van der Waals surface area contributed by atoms with Crippen molar-refractivity contribution in [2.75, 3.05) is 23.7 Å². The SMILES string of the molecule is Cc1cc(-c2nccc(Nc3ccc4c(c3)C(F)(F)CNC4=O)n2)ccc1-n1cnc(C2CC2CC2(C)CNC(=O)c3ccc(Nc4nc(-c5ccc(-n6cnc(C7CC7)c6)cc5)ncc4C(C)(C)O)cc32)c1. The number of alkyl halides is 2. The zero-order valence-electron chi connectivity index (χ0n) is 40.6. The fourth-order valence-electron chi connectivity index (χ4n) is 10.4. The maximum atomic E-state index is 14.7. The van der Waals surface area contributed by atoms with E-state index in [2.05, 4.69) is 66.6 Å². The molecule has 2 aliphatic heterocycles. The van der Waals surface area contributed by atoms with Gasteiger partial charge in [-0.1, -0.05) is 6.92 Å². The Morgan fingerprint density at radius 1 is 0.753 bits per heavy atom. The summed E-state index contributed by atoms with van der Waals surface area (Å²) < 4.78 is 33.4. The molecule has 17 heteroatoms. The lowest BCUT2D eigenvalue weighted by atomic mass is 9.73. The van der Waals surface area contributed by atoms with Gasteiger partial charge in [-0.3, -0.25) is 9.59 Å². The van der Waals surface area contributed by atoms with E-state index in [0.29, 0.717) is 58.5 Å². The van der Waals surface area contributed by atoms with Gasteiger partial charge in [0.25, 0.3) is 17.7 Å². The van der Waals surface area contributed by atoms with E-state index >= 15 is 0 Å². The fraction of sp³-hybridized carbons (Fsp3) is 0.286. The third-order valence-corrected chi connectivity index (χ3v) is 14.7. The summed E-state index contributed by atoms with van der Waals surface area (Å²) in [6.45, 7) is 7.40.